The molecule has 0 aliphatic carbocycles. The molecule has 0 fully saturated rings. The molecule has 1 heterocycles. The number of amides is 1. The lowest BCUT2D eigenvalue weighted by atomic mass is 10.2. The highest BCUT2D eigenvalue weighted by molar-refractivity contribution is 7.09. The molecule has 6 heteroatoms. The van der Waals surface area contributed by atoms with Crippen molar-refractivity contribution < 1.29 is 9.53 Å². The van der Waals surface area contributed by atoms with Gasteiger partial charge < -0.3 is 10.1 Å². The van der Waals surface area contributed by atoms with Crippen molar-refractivity contribution in [1.29, 1.82) is 0 Å². The first-order valence-corrected chi connectivity index (χ1v) is 8.42. The molecule has 1 unspecified atom stereocenters. The minimum Gasteiger partial charge on any atom is -0.444 e. The van der Waals surface area contributed by atoms with E-state index in [1.54, 1.807) is 11.3 Å². The molecule has 5 nitrogen and oxygen atoms in total. The normalized spacial score (nSPS) is 12.7. The Morgan fingerprint density at radius 2 is 2.00 bits per heavy atom. The standard InChI is InChI=1S/C17H23N3O2S/c1-12(15-10-18-11-23-15)19-9-13-5-7-14(8-6-13)20-16(21)22-17(2,3)4/h5-8,10-12,19H,9H2,1-4H3,(H,20,21). The molecule has 1 atom stereocenters. The first-order valence-electron chi connectivity index (χ1n) is 7.54. The second-order valence-corrected chi connectivity index (χ2v) is 7.25. The molecule has 0 spiro atoms. The van der Waals surface area contributed by atoms with Crippen molar-refractivity contribution in [2.24, 2.45) is 0 Å². The van der Waals surface area contributed by atoms with Gasteiger partial charge in [-0.25, -0.2) is 4.79 Å². The number of rotatable bonds is 5. The third kappa shape index (κ3) is 6.00. The van der Waals surface area contributed by atoms with Crippen molar-refractivity contribution in [2.45, 2.75) is 45.9 Å². The lowest BCUT2D eigenvalue weighted by Gasteiger charge is -2.19. The minimum absolute atomic E-state index is 0.266. The largest absolute Gasteiger partial charge is 0.444 e. The minimum atomic E-state index is -0.499. The van der Waals surface area contributed by atoms with Gasteiger partial charge in [0.2, 0.25) is 0 Å². The zero-order valence-electron chi connectivity index (χ0n) is 13.9. The Morgan fingerprint density at radius 1 is 1.30 bits per heavy atom. The van der Waals surface area contributed by atoms with Gasteiger partial charge >= 0.3 is 6.09 Å². The van der Waals surface area contributed by atoms with Crippen molar-refractivity contribution in [2.75, 3.05) is 5.32 Å². The van der Waals surface area contributed by atoms with Crippen LogP contribution >= 0.6 is 11.3 Å². The summed E-state index contributed by atoms with van der Waals surface area (Å²) in [5.41, 5.74) is 3.21. The summed E-state index contributed by atoms with van der Waals surface area (Å²) in [6.07, 6.45) is 1.44. The Hall–Kier alpha value is -1.92. The predicted molar refractivity (Wildman–Crippen MR) is 93.7 cm³/mol. The Morgan fingerprint density at radius 3 is 2.57 bits per heavy atom. The molecule has 124 valence electrons. The molecule has 2 N–H and O–H groups in total. The summed E-state index contributed by atoms with van der Waals surface area (Å²) in [6, 6.07) is 7.98. The van der Waals surface area contributed by atoms with Crippen LogP contribution in [0.2, 0.25) is 0 Å². The SMILES string of the molecule is CC(NCc1ccc(NC(=O)OC(C)(C)C)cc1)c1cncs1. The van der Waals surface area contributed by atoms with Crippen LogP contribution in [0.4, 0.5) is 10.5 Å². The highest BCUT2D eigenvalue weighted by atomic mass is 32.1. The fourth-order valence-corrected chi connectivity index (χ4v) is 2.59. The highest BCUT2D eigenvalue weighted by Crippen LogP contribution is 2.17. The second kappa shape index (κ2) is 7.57. The predicted octanol–water partition coefficient (Wildman–Crippen LogP) is 4.34. The van der Waals surface area contributed by atoms with Gasteiger partial charge in [-0.15, -0.1) is 11.3 Å². The lowest BCUT2D eigenvalue weighted by Crippen LogP contribution is -2.27. The van der Waals surface area contributed by atoms with E-state index in [-0.39, 0.29) is 6.04 Å². The second-order valence-electron chi connectivity index (χ2n) is 6.33. The number of hydrogen-bond donors (Lipinski definition) is 2. The highest BCUT2D eigenvalue weighted by Gasteiger charge is 2.16. The molecule has 2 aromatic rings. The Kier molecular flexibility index (Phi) is 5.74. The molecule has 0 saturated carbocycles. The van der Waals surface area contributed by atoms with E-state index in [0.29, 0.717) is 0 Å². The van der Waals surface area contributed by atoms with E-state index in [4.69, 9.17) is 4.74 Å². The number of carbonyl (C=O) groups is 1. The van der Waals surface area contributed by atoms with Crippen LogP contribution < -0.4 is 10.6 Å². The molecule has 0 radical (unpaired) electrons. The fourth-order valence-electron chi connectivity index (χ4n) is 1.94. The van der Waals surface area contributed by atoms with E-state index in [2.05, 4.69) is 22.5 Å². The van der Waals surface area contributed by atoms with Gasteiger partial charge in [-0.2, -0.15) is 0 Å². The lowest BCUT2D eigenvalue weighted by molar-refractivity contribution is 0.0636. The molecular formula is C17H23N3O2S. The maximum atomic E-state index is 11.7. The fraction of sp³-hybridized carbons (Fsp3) is 0.412. The van der Waals surface area contributed by atoms with E-state index < -0.39 is 11.7 Å². The number of benzene rings is 1. The smallest absolute Gasteiger partial charge is 0.412 e. The number of carbonyl (C=O) groups excluding carboxylic acids is 1. The van der Waals surface area contributed by atoms with Crippen LogP contribution in [0.15, 0.2) is 36.0 Å². The monoisotopic (exact) mass is 333 g/mol. The van der Waals surface area contributed by atoms with Crippen molar-refractivity contribution >= 4 is 23.1 Å². The Balaban J connectivity index is 1.83. The average Bonchev–Trinajstić information content (AvgIpc) is 2.98. The van der Waals surface area contributed by atoms with E-state index in [9.17, 15) is 4.79 Å². The summed E-state index contributed by atoms with van der Waals surface area (Å²) in [7, 11) is 0. The van der Waals surface area contributed by atoms with Crippen LogP contribution in [0, 0.1) is 0 Å². The van der Waals surface area contributed by atoms with Crippen LogP contribution in [0.25, 0.3) is 0 Å². The molecule has 1 aromatic carbocycles. The van der Waals surface area contributed by atoms with Crippen LogP contribution in [-0.2, 0) is 11.3 Å². The van der Waals surface area contributed by atoms with Crippen LogP contribution in [0.5, 0.6) is 0 Å². The summed E-state index contributed by atoms with van der Waals surface area (Å²) in [6.45, 7) is 8.39. The van der Waals surface area contributed by atoms with E-state index in [1.807, 2.05) is 56.7 Å². The summed E-state index contributed by atoms with van der Waals surface area (Å²) >= 11 is 1.64. The summed E-state index contributed by atoms with van der Waals surface area (Å²) in [5.74, 6) is 0. The number of aromatic nitrogens is 1. The van der Waals surface area contributed by atoms with Gasteiger partial charge in [0.1, 0.15) is 5.60 Å². The summed E-state index contributed by atoms with van der Waals surface area (Å²) in [4.78, 5) is 17.0. The number of anilines is 1. The molecular weight excluding hydrogens is 310 g/mol. The quantitative estimate of drug-likeness (QED) is 0.854. The maximum absolute atomic E-state index is 11.7. The van der Waals surface area contributed by atoms with E-state index in [1.165, 1.54) is 4.88 Å². The number of nitrogens with zero attached hydrogens (tertiary/aromatic N) is 1. The first-order chi connectivity index (χ1) is 10.8. The van der Waals surface area contributed by atoms with Gasteiger partial charge in [0.15, 0.2) is 0 Å². The number of nitrogens with one attached hydrogen (secondary N) is 2. The van der Waals surface area contributed by atoms with Gasteiger partial charge in [0.05, 0.1) is 5.51 Å². The average molecular weight is 333 g/mol. The van der Waals surface area contributed by atoms with Crippen molar-refractivity contribution in [3.63, 3.8) is 0 Å². The summed E-state index contributed by atoms with van der Waals surface area (Å²) in [5, 5.41) is 6.18. The van der Waals surface area contributed by atoms with Crippen molar-refractivity contribution in [1.82, 2.24) is 10.3 Å². The van der Waals surface area contributed by atoms with Gasteiger partial charge in [-0.3, -0.25) is 10.3 Å². The number of ether oxygens (including phenoxy) is 1. The zero-order valence-corrected chi connectivity index (χ0v) is 14.7. The van der Waals surface area contributed by atoms with Crippen molar-refractivity contribution in [3.05, 3.63) is 46.4 Å². The first kappa shape index (κ1) is 17.4. The van der Waals surface area contributed by atoms with Crippen LogP contribution in [0.3, 0.4) is 0 Å². The summed E-state index contributed by atoms with van der Waals surface area (Å²) < 4.78 is 5.23. The topological polar surface area (TPSA) is 63.2 Å². The molecule has 0 aliphatic rings. The third-order valence-electron chi connectivity index (χ3n) is 3.09. The molecule has 2 rings (SSSR count). The van der Waals surface area contributed by atoms with Gasteiger partial charge in [-0.05, 0) is 45.4 Å². The van der Waals surface area contributed by atoms with E-state index in [0.717, 1.165) is 17.8 Å². The Labute approximate surface area is 141 Å². The molecule has 0 saturated heterocycles. The van der Waals surface area contributed by atoms with Gasteiger partial charge in [0, 0.05) is 29.3 Å². The Bertz CT molecular complexity index is 618. The van der Waals surface area contributed by atoms with E-state index >= 15 is 0 Å². The molecule has 0 aliphatic heterocycles. The van der Waals surface area contributed by atoms with Crippen molar-refractivity contribution in [3.8, 4) is 0 Å². The molecule has 0 bridgehead atoms. The molecule has 1 amide bonds. The molecule has 23 heavy (non-hydrogen) atoms. The number of hydrogen-bond acceptors (Lipinski definition) is 5. The third-order valence-corrected chi connectivity index (χ3v) is 4.05. The molecule has 1 aromatic heterocycles. The zero-order chi connectivity index (χ0) is 16.9. The van der Waals surface area contributed by atoms with Crippen LogP contribution in [-0.4, -0.2) is 16.7 Å². The van der Waals surface area contributed by atoms with Gasteiger partial charge in [0.25, 0.3) is 0 Å². The maximum Gasteiger partial charge on any atom is 0.412 e. The van der Waals surface area contributed by atoms with Crippen LogP contribution in [0.1, 0.15) is 44.2 Å². The van der Waals surface area contributed by atoms with Gasteiger partial charge in [-0.1, -0.05) is 12.1 Å². The number of thiazole rings is 1.